The van der Waals surface area contributed by atoms with Crippen LogP contribution in [0.2, 0.25) is 0 Å². The van der Waals surface area contributed by atoms with Crippen LogP contribution in [-0.2, 0) is 0 Å². The number of nitrogens with one attached hydrogen (secondary N) is 1. The minimum absolute atomic E-state index is 0.0784. The van der Waals surface area contributed by atoms with Crippen molar-refractivity contribution in [1.29, 1.82) is 0 Å². The molecule has 2 amide bonds. The molecule has 0 saturated carbocycles. The standard InChI is InChI=1S/C18H31N5O2/c1-13(2)21(6)15-10-16(24)23(19-11-15)14-8-7-9-22(12-14)17(25)20-18(3,4)5/h10-11,13-14H,7-9,12H2,1-6H3,(H,20,25). The molecule has 0 bridgehead atoms. The molecule has 1 unspecified atom stereocenters. The van der Waals surface area contributed by atoms with Gasteiger partial charge in [-0.25, -0.2) is 9.48 Å². The van der Waals surface area contributed by atoms with E-state index in [2.05, 4.69) is 24.3 Å². The van der Waals surface area contributed by atoms with E-state index < -0.39 is 0 Å². The highest BCUT2D eigenvalue weighted by atomic mass is 16.2. The summed E-state index contributed by atoms with van der Waals surface area (Å²) in [6, 6.07) is 1.76. The van der Waals surface area contributed by atoms with Gasteiger partial charge >= 0.3 is 6.03 Å². The van der Waals surface area contributed by atoms with Crippen LogP contribution in [0, 0.1) is 0 Å². The molecule has 1 N–H and O–H groups in total. The Hall–Kier alpha value is -2.05. The molecule has 2 heterocycles. The molecule has 1 aliphatic rings. The predicted molar refractivity (Wildman–Crippen MR) is 100 cm³/mol. The summed E-state index contributed by atoms with van der Waals surface area (Å²) in [7, 11) is 1.95. The largest absolute Gasteiger partial charge is 0.371 e. The van der Waals surface area contributed by atoms with Crippen LogP contribution in [0.25, 0.3) is 0 Å². The summed E-state index contributed by atoms with van der Waals surface area (Å²) in [6.07, 6.45) is 3.45. The molecule has 140 valence electrons. The van der Waals surface area contributed by atoms with Gasteiger partial charge in [0.25, 0.3) is 5.56 Å². The van der Waals surface area contributed by atoms with Gasteiger partial charge in [0.1, 0.15) is 0 Å². The summed E-state index contributed by atoms with van der Waals surface area (Å²) < 4.78 is 1.52. The van der Waals surface area contributed by atoms with Gasteiger partial charge in [0.15, 0.2) is 0 Å². The van der Waals surface area contributed by atoms with Gasteiger partial charge in [-0.1, -0.05) is 0 Å². The second-order valence-electron chi connectivity index (χ2n) is 8.12. The summed E-state index contributed by atoms with van der Waals surface area (Å²) in [5.74, 6) is 0. The molecule has 1 aromatic heterocycles. The predicted octanol–water partition coefficient (Wildman–Crippen LogP) is 2.23. The van der Waals surface area contributed by atoms with E-state index in [0.717, 1.165) is 18.5 Å². The highest BCUT2D eigenvalue weighted by Gasteiger charge is 2.28. The van der Waals surface area contributed by atoms with Crippen LogP contribution in [0.4, 0.5) is 10.5 Å². The first-order chi connectivity index (χ1) is 11.6. The van der Waals surface area contributed by atoms with Crippen molar-refractivity contribution >= 4 is 11.7 Å². The fraction of sp³-hybridized carbons (Fsp3) is 0.722. The van der Waals surface area contributed by atoms with Crippen LogP contribution < -0.4 is 15.8 Å². The Labute approximate surface area is 150 Å². The first kappa shape index (κ1) is 19.3. The van der Waals surface area contributed by atoms with Gasteiger partial charge in [0.2, 0.25) is 0 Å². The lowest BCUT2D eigenvalue weighted by Gasteiger charge is -2.35. The van der Waals surface area contributed by atoms with E-state index in [1.807, 2.05) is 32.7 Å². The van der Waals surface area contributed by atoms with Crippen LogP contribution in [0.1, 0.15) is 53.5 Å². The summed E-state index contributed by atoms with van der Waals surface area (Å²) in [4.78, 5) is 28.7. The summed E-state index contributed by atoms with van der Waals surface area (Å²) in [5, 5.41) is 7.36. The third-order valence-corrected chi connectivity index (χ3v) is 4.50. The molecule has 7 nitrogen and oxygen atoms in total. The molecule has 2 rings (SSSR count). The minimum atomic E-state index is -0.276. The summed E-state index contributed by atoms with van der Waals surface area (Å²) >= 11 is 0. The minimum Gasteiger partial charge on any atom is -0.371 e. The number of rotatable bonds is 3. The maximum absolute atomic E-state index is 12.5. The Morgan fingerprint density at radius 3 is 2.64 bits per heavy atom. The number of hydrogen-bond donors (Lipinski definition) is 1. The van der Waals surface area contributed by atoms with Crippen molar-refractivity contribution in [1.82, 2.24) is 20.0 Å². The molecule has 1 saturated heterocycles. The SMILES string of the molecule is CC(C)N(C)c1cnn(C2CCCN(C(=O)NC(C)(C)C)C2)c(=O)c1. The van der Waals surface area contributed by atoms with E-state index in [9.17, 15) is 9.59 Å². The highest BCUT2D eigenvalue weighted by molar-refractivity contribution is 5.75. The van der Waals surface area contributed by atoms with Crippen molar-refractivity contribution in [2.75, 3.05) is 25.0 Å². The summed E-state index contributed by atoms with van der Waals surface area (Å²) in [6.45, 7) is 11.2. The zero-order valence-corrected chi connectivity index (χ0v) is 16.2. The second-order valence-corrected chi connectivity index (χ2v) is 8.12. The molecule has 1 fully saturated rings. The molecule has 0 radical (unpaired) electrons. The lowest BCUT2D eigenvalue weighted by Crippen LogP contribution is -2.52. The molecular weight excluding hydrogens is 318 g/mol. The van der Waals surface area contributed by atoms with Gasteiger partial charge in [0.05, 0.1) is 17.9 Å². The van der Waals surface area contributed by atoms with Gasteiger partial charge in [-0.3, -0.25) is 4.79 Å². The maximum Gasteiger partial charge on any atom is 0.317 e. The van der Waals surface area contributed by atoms with Crippen LogP contribution in [0.5, 0.6) is 0 Å². The highest BCUT2D eigenvalue weighted by Crippen LogP contribution is 2.20. The number of aromatic nitrogens is 2. The molecule has 1 aromatic rings. The maximum atomic E-state index is 12.5. The molecule has 7 heteroatoms. The number of anilines is 1. The number of urea groups is 1. The van der Waals surface area contributed by atoms with Gasteiger partial charge in [0, 0.05) is 37.8 Å². The average Bonchev–Trinajstić information content (AvgIpc) is 2.52. The lowest BCUT2D eigenvalue weighted by molar-refractivity contribution is 0.155. The Bertz CT molecular complexity index is 662. The number of hydrogen-bond acceptors (Lipinski definition) is 4. The van der Waals surface area contributed by atoms with E-state index in [-0.39, 0.29) is 23.2 Å². The quantitative estimate of drug-likeness (QED) is 0.908. The fourth-order valence-electron chi connectivity index (χ4n) is 2.91. The van der Waals surface area contributed by atoms with Crippen LogP contribution in [0.3, 0.4) is 0 Å². The van der Waals surface area contributed by atoms with Gasteiger partial charge < -0.3 is 15.1 Å². The first-order valence-corrected chi connectivity index (χ1v) is 8.97. The van der Waals surface area contributed by atoms with Crippen molar-refractivity contribution in [2.24, 2.45) is 0 Å². The zero-order chi connectivity index (χ0) is 18.8. The van der Waals surface area contributed by atoms with Crippen LogP contribution in [-0.4, -0.2) is 52.4 Å². The Balaban J connectivity index is 2.13. The molecule has 0 spiro atoms. The van der Waals surface area contributed by atoms with E-state index in [4.69, 9.17) is 0 Å². The third kappa shape index (κ3) is 4.96. The van der Waals surface area contributed by atoms with Crippen molar-refractivity contribution in [3.05, 3.63) is 22.6 Å². The normalized spacial score (nSPS) is 18.4. The number of nitrogens with zero attached hydrogens (tertiary/aromatic N) is 4. The van der Waals surface area contributed by atoms with Crippen molar-refractivity contribution in [3.8, 4) is 0 Å². The Kier molecular flexibility index (Phi) is 5.75. The molecule has 25 heavy (non-hydrogen) atoms. The van der Waals surface area contributed by atoms with E-state index >= 15 is 0 Å². The van der Waals surface area contributed by atoms with E-state index in [1.54, 1.807) is 17.2 Å². The Morgan fingerprint density at radius 1 is 1.40 bits per heavy atom. The third-order valence-electron chi connectivity index (χ3n) is 4.50. The lowest BCUT2D eigenvalue weighted by atomic mass is 10.1. The molecular formula is C18H31N5O2. The fourth-order valence-corrected chi connectivity index (χ4v) is 2.91. The average molecular weight is 349 g/mol. The number of likely N-dealkylation sites (tertiary alicyclic amines) is 1. The van der Waals surface area contributed by atoms with Gasteiger partial charge in [-0.05, 0) is 47.5 Å². The number of amides is 2. The summed E-state index contributed by atoms with van der Waals surface area (Å²) in [5.41, 5.74) is 0.421. The van der Waals surface area contributed by atoms with Crippen LogP contribution >= 0.6 is 0 Å². The van der Waals surface area contributed by atoms with Crippen LogP contribution in [0.15, 0.2) is 17.1 Å². The van der Waals surface area contributed by atoms with Gasteiger partial charge in [-0.2, -0.15) is 5.10 Å². The van der Waals surface area contributed by atoms with E-state index in [0.29, 0.717) is 19.1 Å². The zero-order valence-electron chi connectivity index (χ0n) is 16.2. The molecule has 1 atom stereocenters. The number of piperidine rings is 1. The molecule has 0 aliphatic carbocycles. The topological polar surface area (TPSA) is 70.5 Å². The smallest absolute Gasteiger partial charge is 0.317 e. The Morgan fingerprint density at radius 2 is 2.08 bits per heavy atom. The number of carbonyl (C=O) groups is 1. The first-order valence-electron chi connectivity index (χ1n) is 8.97. The molecule has 1 aliphatic heterocycles. The number of carbonyl (C=O) groups excluding carboxylic acids is 1. The monoisotopic (exact) mass is 349 g/mol. The van der Waals surface area contributed by atoms with Crippen molar-refractivity contribution in [3.63, 3.8) is 0 Å². The second kappa shape index (κ2) is 7.45. The van der Waals surface area contributed by atoms with Gasteiger partial charge in [-0.15, -0.1) is 0 Å². The molecule has 0 aromatic carbocycles. The van der Waals surface area contributed by atoms with Crippen molar-refractivity contribution in [2.45, 2.75) is 65.1 Å². The van der Waals surface area contributed by atoms with Crippen molar-refractivity contribution < 1.29 is 4.79 Å². The van der Waals surface area contributed by atoms with E-state index in [1.165, 1.54) is 4.68 Å².